The number of nitrogens with zero attached hydrogens (tertiary/aromatic N) is 2. The van der Waals surface area contributed by atoms with Crippen LogP contribution in [0.1, 0.15) is 36.8 Å². The van der Waals surface area contributed by atoms with E-state index in [2.05, 4.69) is 27.3 Å². The third kappa shape index (κ3) is 8.76. The van der Waals surface area contributed by atoms with Gasteiger partial charge in [-0.1, -0.05) is 23.7 Å². The van der Waals surface area contributed by atoms with Gasteiger partial charge in [0, 0.05) is 38.8 Å². The molecule has 0 saturated carbocycles. The fourth-order valence-electron chi connectivity index (χ4n) is 4.21. The van der Waals surface area contributed by atoms with Crippen molar-refractivity contribution in [3.05, 3.63) is 39.8 Å². The molecule has 1 aromatic carbocycles. The van der Waals surface area contributed by atoms with Gasteiger partial charge in [-0.25, -0.2) is 0 Å². The van der Waals surface area contributed by atoms with E-state index in [9.17, 15) is 19.2 Å². The summed E-state index contributed by atoms with van der Waals surface area (Å²) in [5.41, 5.74) is 3.14. The highest BCUT2D eigenvalue weighted by atomic mass is 35.5. The van der Waals surface area contributed by atoms with Crippen LogP contribution in [-0.2, 0) is 36.8 Å². The summed E-state index contributed by atoms with van der Waals surface area (Å²) < 4.78 is 5.17. The molecule has 3 rings (SSSR count). The third-order valence-electron chi connectivity index (χ3n) is 6.62. The van der Waals surface area contributed by atoms with Crippen molar-refractivity contribution in [3.8, 4) is 0 Å². The molecule has 0 bridgehead atoms. The van der Waals surface area contributed by atoms with Crippen molar-refractivity contribution in [3.63, 3.8) is 0 Å². The van der Waals surface area contributed by atoms with Crippen LogP contribution in [0.25, 0.3) is 0 Å². The summed E-state index contributed by atoms with van der Waals surface area (Å²) in [4.78, 5) is 53.9. The molecule has 2 unspecified atom stereocenters. The molecule has 9 nitrogen and oxygen atoms in total. The van der Waals surface area contributed by atoms with Crippen LogP contribution in [0.4, 0.5) is 5.69 Å². The van der Waals surface area contributed by atoms with Crippen molar-refractivity contribution < 1.29 is 23.9 Å². The van der Waals surface area contributed by atoms with Gasteiger partial charge in [0.1, 0.15) is 6.04 Å². The Bertz CT molecular complexity index is 1050. The number of anilines is 1. The summed E-state index contributed by atoms with van der Waals surface area (Å²) in [5.74, 6) is -1.32. The minimum Gasteiger partial charge on any atom is -0.469 e. The van der Waals surface area contributed by atoms with E-state index in [-0.39, 0.29) is 43.5 Å². The van der Waals surface area contributed by atoms with Gasteiger partial charge >= 0.3 is 5.97 Å². The van der Waals surface area contributed by atoms with Crippen molar-refractivity contribution in [1.82, 2.24) is 15.1 Å². The molecule has 3 amide bonds. The van der Waals surface area contributed by atoms with Gasteiger partial charge in [0.15, 0.2) is 0 Å². The van der Waals surface area contributed by atoms with Gasteiger partial charge in [-0.2, -0.15) is 0 Å². The average molecular weight is 551 g/mol. The van der Waals surface area contributed by atoms with E-state index in [1.807, 2.05) is 18.2 Å². The summed E-state index contributed by atoms with van der Waals surface area (Å²) in [6.45, 7) is 2.15. The molecule has 1 aromatic rings. The summed E-state index contributed by atoms with van der Waals surface area (Å²) in [6, 6.07) is 5.01. The molecular weight excluding hydrogens is 516 g/mol. The van der Waals surface area contributed by atoms with E-state index in [0.717, 1.165) is 25.9 Å². The highest BCUT2D eigenvalue weighted by molar-refractivity contribution is 8.06. The zero-order valence-corrected chi connectivity index (χ0v) is 23.1. The van der Waals surface area contributed by atoms with E-state index in [1.165, 1.54) is 34.9 Å². The lowest BCUT2D eigenvalue weighted by Crippen LogP contribution is -2.47. The highest BCUT2D eigenvalue weighted by Gasteiger charge is 2.29. The maximum Gasteiger partial charge on any atom is 0.307 e. The second-order valence-corrected chi connectivity index (χ2v) is 11.2. The molecular formula is C26H35ClN4O5S. The fourth-order valence-corrected chi connectivity index (χ4v) is 5.46. The number of hydrogen-bond acceptors (Lipinski definition) is 7. The van der Waals surface area contributed by atoms with Gasteiger partial charge in [-0.15, -0.1) is 11.8 Å². The maximum atomic E-state index is 13.3. The van der Waals surface area contributed by atoms with Crippen molar-refractivity contribution >= 4 is 52.7 Å². The number of likely N-dealkylation sites (N-methyl/N-ethyl adjacent to an activating group) is 1. The smallest absolute Gasteiger partial charge is 0.307 e. The van der Waals surface area contributed by atoms with Crippen LogP contribution in [0.2, 0.25) is 0 Å². The SMILES string of the molecule is COC(=O)CCN(C)C(=O)CCC(NC(=O)C1CC=C(Cl)S1)C(=O)Nc1ccc2c(c1)CCN(C)CC2. The number of carbonyl (C=O) groups is 4. The minimum absolute atomic E-state index is 0.0311. The Balaban J connectivity index is 1.65. The molecule has 2 atom stereocenters. The number of allylic oxidation sites excluding steroid dienone is 1. The van der Waals surface area contributed by atoms with Crippen LogP contribution in [0.15, 0.2) is 28.6 Å². The third-order valence-corrected chi connectivity index (χ3v) is 8.13. The molecule has 2 N–H and O–H groups in total. The highest BCUT2D eigenvalue weighted by Crippen LogP contribution is 2.34. The van der Waals surface area contributed by atoms with Gasteiger partial charge in [0.25, 0.3) is 0 Å². The average Bonchev–Trinajstić information content (AvgIpc) is 3.24. The molecule has 2 aliphatic heterocycles. The largest absolute Gasteiger partial charge is 0.469 e. The lowest BCUT2D eigenvalue weighted by molar-refractivity contribution is -0.141. The topological polar surface area (TPSA) is 108 Å². The van der Waals surface area contributed by atoms with Crippen LogP contribution >= 0.6 is 23.4 Å². The van der Waals surface area contributed by atoms with Crippen LogP contribution in [0.3, 0.4) is 0 Å². The quantitative estimate of drug-likeness (QED) is 0.431. The van der Waals surface area contributed by atoms with Crippen molar-refractivity contribution in [2.24, 2.45) is 0 Å². The summed E-state index contributed by atoms with van der Waals surface area (Å²) in [6.07, 6.45) is 4.35. The Morgan fingerprint density at radius 1 is 1.19 bits per heavy atom. The molecule has 2 heterocycles. The zero-order valence-electron chi connectivity index (χ0n) is 21.5. The number of ether oxygens (including phenoxy) is 1. The maximum absolute atomic E-state index is 13.3. The Morgan fingerprint density at radius 3 is 2.59 bits per heavy atom. The van der Waals surface area contributed by atoms with E-state index in [0.29, 0.717) is 16.5 Å². The number of benzene rings is 1. The summed E-state index contributed by atoms with van der Waals surface area (Å²) >= 11 is 7.26. The second kappa shape index (κ2) is 13.8. The number of halogens is 1. The number of carbonyl (C=O) groups excluding carboxylic acids is 4. The lowest BCUT2D eigenvalue weighted by Gasteiger charge is -2.22. The van der Waals surface area contributed by atoms with E-state index in [1.54, 1.807) is 13.1 Å². The molecule has 0 saturated heterocycles. The number of nitrogens with one attached hydrogen (secondary N) is 2. The van der Waals surface area contributed by atoms with Crippen LogP contribution in [0.5, 0.6) is 0 Å². The minimum atomic E-state index is -0.907. The predicted octanol–water partition coefficient (Wildman–Crippen LogP) is 2.53. The molecule has 11 heteroatoms. The first-order valence-electron chi connectivity index (χ1n) is 12.4. The number of fused-ring (bicyclic) bond motifs is 1. The van der Waals surface area contributed by atoms with E-state index < -0.39 is 17.3 Å². The van der Waals surface area contributed by atoms with Crippen LogP contribution < -0.4 is 10.6 Å². The Hall–Kier alpha value is -2.56. The van der Waals surface area contributed by atoms with Gasteiger partial charge in [-0.3, -0.25) is 19.2 Å². The van der Waals surface area contributed by atoms with Crippen molar-refractivity contribution in [2.45, 2.75) is 49.8 Å². The summed E-state index contributed by atoms with van der Waals surface area (Å²) in [7, 11) is 4.99. The monoisotopic (exact) mass is 550 g/mol. The molecule has 0 aromatic heterocycles. The molecule has 0 radical (unpaired) electrons. The first-order chi connectivity index (χ1) is 17.7. The number of methoxy groups -OCH3 is 1. The zero-order chi connectivity index (χ0) is 26.9. The van der Waals surface area contributed by atoms with Crippen LogP contribution in [-0.4, -0.2) is 85.6 Å². The Morgan fingerprint density at radius 2 is 1.92 bits per heavy atom. The Labute approximate surface area is 227 Å². The second-order valence-electron chi connectivity index (χ2n) is 9.37. The van der Waals surface area contributed by atoms with Gasteiger partial charge < -0.3 is 25.2 Å². The number of thioether (sulfide) groups is 1. The molecule has 0 aliphatic carbocycles. The lowest BCUT2D eigenvalue weighted by atomic mass is 10.0. The standard InChI is InChI=1S/C26H35ClN4O5S/c1-30-13-10-17-4-5-19(16-18(17)11-14-30)28-25(34)20(29-26(35)21-7-8-22(27)37-21)6-9-23(32)31(2)15-12-24(33)36-3/h4-5,8,16,20-21H,6-7,9-15H2,1-3H3,(H,28,34)(H,29,35). The Kier molecular flexibility index (Phi) is 10.8. The normalized spacial score (nSPS) is 18.2. The summed E-state index contributed by atoms with van der Waals surface area (Å²) in [5, 5.41) is 5.33. The number of rotatable bonds is 10. The molecule has 37 heavy (non-hydrogen) atoms. The number of esters is 1. The predicted molar refractivity (Wildman–Crippen MR) is 145 cm³/mol. The first-order valence-corrected chi connectivity index (χ1v) is 13.7. The van der Waals surface area contributed by atoms with E-state index in [4.69, 9.17) is 11.6 Å². The molecule has 2 aliphatic rings. The van der Waals surface area contributed by atoms with Gasteiger partial charge in [0.05, 0.1) is 23.1 Å². The molecule has 202 valence electrons. The first kappa shape index (κ1) is 29.0. The molecule has 0 spiro atoms. The van der Waals surface area contributed by atoms with Crippen molar-refractivity contribution in [1.29, 1.82) is 0 Å². The number of hydrogen-bond donors (Lipinski definition) is 2. The molecule has 0 fully saturated rings. The number of amides is 3. The van der Waals surface area contributed by atoms with Crippen LogP contribution in [0, 0.1) is 0 Å². The van der Waals surface area contributed by atoms with Gasteiger partial charge in [-0.05, 0) is 56.0 Å². The van der Waals surface area contributed by atoms with Crippen molar-refractivity contribution in [2.75, 3.05) is 46.2 Å². The fraction of sp³-hybridized carbons (Fsp3) is 0.538. The van der Waals surface area contributed by atoms with E-state index >= 15 is 0 Å². The van der Waals surface area contributed by atoms with Gasteiger partial charge in [0.2, 0.25) is 17.7 Å².